The number of amides is 2. The summed E-state index contributed by atoms with van der Waals surface area (Å²) in [7, 11) is 0. The van der Waals surface area contributed by atoms with Gasteiger partial charge in [0.1, 0.15) is 23.1 Å². The predicted molar refractivity (Wildman–Crippen MR) is 128 cm³/mol. The van der Waals surface area contributed by atoms with Crippen molar-refractivity contribution in [3.8, 4) is 5.75 Å². The fraction of sp³-hybridized carbons (Fsp3) is 0.160. The zero-order chi connectivity index (χ0) is 24.2. The van der Waals surface area contributed by atoms with Crippen molar-refractivity contribution in [1.29, 1.82) is 0 Å². The largest absolute Gasteiger partial charge is 0.485 e. The third kappa shape index (κ3) is 4.65. The van der Waals surface area contributed by atoms with E-state index in [1.807, 2.05) is 42.5 Å². The monoisotopic (exact) mass is 478 g/mol. The number of fused-ring (bicyclic) bond motifs is 1. The van der Waals surface area contributed by atoms with E-state index in [1.54, 1.807) is 19.9 Å². The zero-order valence-electron chi connectivity index (χ0n) is 18.5. The number of ether oxygens (including phenoxy) is 2. The first-order valence-electron chi connectivity index (χ1n) is 10.5. The standard InChI is InChI=1S/C25H22N2O6S/c1-3-31-25(30)20-14(2)21(22(26)28)34-24(20)27-23(29)19-12-11-16(33-19)13-32-18-10-6-8-15-7-4-5-9-17(15)18/h4-12H,3,13H2,1-2H3,(H2,26,28)(H,27,29). The van der Waals surface area contributed by atoms with Gasteiger partial charge in [-0.2, -0.15) is 0 Å². The van der Waals surface area contributed by atoms with Gasteiger partial charge < -0.3 is 24.9 Å². The molecule has 0 bridgehead atoms. The summed E-state index contributed by atoms with van der Waals surface area (Å²) < 4.78 is 16.6. The van der Waals surface area contributed by atoms with Crippen molar-refractivity contribution in [3.63, 3.8) is 0 Å². The fourth-order valence-electron chi connectivity index (χ4n) is 3.50. The highest BCUT2D eigenvalue weighted by molar-refractivity contribution is 7.18. The van der Waals surface area contributed by atoms with Crippen LogP contribution in [0.15, 0.2) is 59.0 Å². The predicted octanol–water partition coefficient (Wildman–Crippen LogP) is 4.91. The Morgan fingerprint density at radius 2 is 1.82 bits per heavy atom. The van der Waals surface area contributed by atoms with E-state index in [0.717, 1.165) is 22.1 Å². The maximum atomic E-state index is 12.8. The first-order valence-corrected chi connectivity index (χ1v) is 11.3. The number of hydrogen-bond acceptors (Lipinski definition) is 7. The minimum atomic E-state index is -0.695. The molecule has 0 spiro atoms. The van der Waals surface area contributed by atoms with E-state index < -0.39 is 17.8 Å². The molecule has 9 heteroatoms. The summed E-state index contributed by atoms with van der Waals surface area (Å²) in [6.45, 7) is 3.51. The number of anilines is 1. The second-order valence-corrected chi connectivity index (χ2v) is 8.35. The molecule has 0 saturated heterocycles. The molecule has 2 aromatic carbocycles. The van der Waals surface area contributed by atoms with Gasteiger partial charge in [0.2, 0.25) is 0 Å². The van der Waals surface area contributed by atoms with Crippen molar-refractivity contribution in [2.75, 3.05) is 11.9 Å². The molecule has 0 saturated carbocycles. The highest BCUT2D eigenvalue weighted by Gasteiger charge is 2.26. The van der Waals surface area contributed by atoms with Gasteiger partial charge >= 0.3 is 5.97 Å². The number of benzene rings is 2. The summed E-state index contributed by atoms with van der Waals surface area (Å²) in [6, 6.07) is 16.8. The fourth-order valence-corrected chi connectivity index (χ4v) is 4.54. The molecule has 2 heterocycles. The van der Waals surface area contributed by atoms with Crippen molar-refractivity contribution < 1.29 is 28.3 Å². The molecule has 0 aliphatic carbocycles. The van der Waals surface area contributed by atoms with E-state index in [0.29, 0.717) is 17.1 Å². The van der Waals surface area contributed by atoms with Crippen molar-refractivity contribution in [3.05, 3.63) is 82.1 Å². The van der Waals surface area contributed by atoms with Crippen LogP contribution in [0.2, 0.25) is 0 Å². The molecule has 2 amide bonds. The number of nitrogens with one attached hydrogen (secondary N) is 1. The SMILES string of the molecule is CCOC(=O)c1c(NC(=O)c2ccc(COc3cccc4ccccc34)o2)sc(C(N)=O)c1C. The number of nitrogens with two attached hydrogens (primary N) is 1. The number of carbonyl (C=O) groups excluding carboxylic acids is 3. The summed E-state index contributed by atoms with van der Waals surface area (Å²) in [5.74, 6) is -0.754. The van der Waals surface area contributed by atoms with Crippen LogP contribution in [0.1, 0.15) is 48.8 Å². The lowest BCUT2D eigenvalue weighted by Crippen LogP contribution is -2.14. The highest BCUT2D eigenvalue weighted by Crippen LogP contribution is 2.34. The van der Waals surface area contributed by atoms with Gasteiger partial charge in [-0.3, -0.25) is 9.59 Å². The molecule has 8 nitrogen and oxygen atoms in total. The van der Waals surface area contributed by atoms with Crippen LogP contribution in [0.4, 0.5) is 5.00 Å². The number of carbonyl (C=O) groups is 3. The quantitative estimate of drug-likeness (QED) is 0.347. The van der Waals surface area contributed by atoms with Crippen LogP contribution in [-0.4, -0.2) is 24.4 Å². The zero-order valence-corrected chi connectivity index (χ0v) is 19.4. The average molecular weight is 479 g/mol. The van der Waals surface area contributed by atoms with Gasteiger partial charge in [-0.1, -0.05) is 36.4 Å². The van der Waals surface area contributed by atoms with E-state index in [1.165, 1.54) is 6.07 Å². The van der Waals surface area contributed by atoms with Crippen molar-refractivity contribution in [1.82, 2.24) is 0 Å². The van der Waals surface area contributed by atoms with Crippen LogP contribution in [0.5, 0.6) is 5.75 Å². The lowest BCUT2D eigenvalue weighted by Gasteiger charge is -2.08. The Kier molecular flexibility index (Phi) is 6.65. The van der Waals surface area contributed by atoms with Crippen molar-refractivity contribution in [2.24, 2.45) is 5.73 Å². The Labute approximate surface area is 199 Å². The number of furan rings is 1. The summed E-state index contributed by atoms with van der Waals surface area (Å²) in [6.07, 6.45) is 0. The highest BCUT2D eigenvalue weighted by atomic mass is 32.1. The molecule has 4 rings (SSSR count). The van der Waals surface area contributed by atoms with Gasteiger partial charge in [-0.05, 0) is 43.0 Å². The molecule has 0 aliphatic heterocycles. The Morgan fingerprint density at radius 3 is 2.59 bits per heavy atom. The minimum absolute atomic E-state index is 0.0259. The molecule has 0 radical (unpaired) electrons. The maximum absolute atomic E-state index is 12.8. The van der Waals surface area contributed by atoms with E-state index in [4.69, 9.17) is 19.6 Å². The smallest absolute Gasteiger partial charge is 0.341 e. The molecule has 3 N–H and O–H groups in total. The number of hydrogen-bond donors (Lipinski definition) is 2. The van der Waals surface area contributed by atoms with Crippen LogP contribution in [-0.2, 0) is 11.3 Å². The summed E-state index contributed by atoms with van der Waals surface area (Å²) in [5.41, 5.74) is 5.86. The minimum Gasteiger partial charge on any atom is -0.485 e. The van der Waals surface area contributed by atoms with Gasteiger partial charge in [-0.15, -0.1) is 11.3 Å². The second kappa shape index (κ2) is 9.80. The molecular weight excluding hydrogens is 456 g/mol. The van der Waals surface area contributed by atoms with Gasteiger partial charge in [0.15, 0.2) is 5.76 Å². The first kappa shape index (κ1) is 23.1. The normalized spacial score (nSPS) is 10.8. The molecule has 174 valence electrons. The van der Waals surface area contributed by atoms with E-state index in [2.05, 4.69) is 5.32 Å². The van der Waals surface area contributed by atoms with Crippen molar-refractivity contribution in [2.45, 2.75) is 20.5 Å². The summed E-state index contributed by atoms with van der Waals surface area (Å²) in [4.78, 5) is 37.1. The molecule has 2 aromatic heterocycles. The summed E-state index contributed by atoms with van der Waals surface area (Å²) >= 11 is 0.913. The topological polar surface area (TPSA) is 121 Å². The Hall–Kier alpha value is -4.11. The molecular formula is C25H22N2O6S. The maximum Gasteiger partial charge on any atom is 0.341 e. The van der Waals surface area contributed by atoms with Crippen LogP contribution in [0, 0.1) is 6.92 Å². The molecule has 0 aliphatic rings. The third-order valence-corrected chi connectivity index (χ3v) is 6.30. The molecule has 4 aromatic rings. The Balaban J connectivity index is 1.50. The van der Waals surface area contributed by atoms with E-state index in [9.17, 15) is 14.4 Å². The lowest BCUT2D eigenvalue weighted by molar-refractivity contribution is 0.0527. The van der Waals surface area contributed by atoms with Crippen LogP contribution in [0.3, 0.4) is 0 Å². The molecule has 0 unspecified atom stereocenters. The number of primary amides is 1. The van der Waals surface area contributed by atoms with Crippen molar-refractivity contribution >= 4 is 44.9 Å². The van der Waals surface area contributed by atoms with Crippen LogP contribution in [0.25, 0.3) is 10.8 Å². The third-order valence-electron chi connectivity index (χ3n) is 5.08. The molecule has 0 fully saturated rings. The van der Waals surface area contributed by atoms with Gasteiger partial charge in [0.05, 0.1) is 17.0 Å². The number of esters is 1. The van der Waals surface area contributed by atoms with Crippen LogP contribution < -0.4 is 15.8 Å². The van der Waals surface area contributed by atoms with Gasteiger partial charge in [0.25, 0.3) is 11.8 Å². The molecule has 34 heavy (non-hydrogen) atoms. The van der Waals surface area contributed by atoms with Crippen LogP contribution >= 0.6 is 11.3 Å². The lowest BCUT2D eigenvalue weighted by atomic mass is 10.1. The van der Waals surface area contributed by atoms with E-state index in [-0.39, 0.29) is 34.4 Å². The first-order chi connectivity index (χ1) is 16.4. The number of thiophene rings is 1. The Bertz CT molecular complexity index is 1380. The van der Waals surface area contributed by atoms with E-state index >= 15 is 0 Å². The average Bonchev–Trinajstić information content (AvgIpc) is 3.42. The summed E-state index contributed by atoms with van der Waals surface area (Å²) in [5, 5.41) is 4.82. The number of rotatable bonds is 8. The van der Waals surface area contributed by atoms with Gasteiger partial charge in [0, 0.05) is 5.39 Å². The van der Waals surface area contributed by atoms with Gasteiger partial charge in [-0.25, -0.2) is 4.79 Å². The molecule has 0 atom stereocenters. The second-order valence-electron chi connectivity index (χ2n) is 7.33. The Morgan fingerprint density at radius 1 is 1.06 bits per heavy atom.